The molecule has 1 saturated heterocycles. The minimum atomic E-state index is -0.758. The lowest BCUT2D eigenvalue weighted by Gasteiger charge is -2.25. The first-order valence-electron chi connectivity index (χ1n) is 8.93. The molecule has 1 aromatic heterocycles. The van der Waals surface area contributed by atoms with E-state index in [2.05, 4.69) is 20.2 Å². The Morgan fingerprint density at radius 3 is 2.92 bits per heavy atom. The van der Waals surface area contributed by atoms with Crippen LogP contribution in [0.3, 0.4) is 0 Å². The number of carbonyl (C=O) groups excluding carboxylic acids is 3. The van der Waals surface area contributed by atoms with Gasteiger partial charge in [-0.1, -0.05) is 12.8 Å². The number of nitrogens with zero attached hydrogens (tertiary/aromatic N) is 3. The first-order chi connectivity index (χ1) is 12.0. The van der Waals surface area contributed by atoms with Crippen molar-refractivity contribution in [3.8, 4) is 0 Å². The zero-order chi connectivity index (χ0) is 17.6. The summed E-state index contributed by atoms with van der Waals surface area (Å²) in [6.07, 6.45) is 6.80. The Bertz CT molecular complexity index is 735. The second kappa shape index (κ2) is 5.86. The molecule has 1 spiro atoms. The minimum absolute atomic E-state index is 0.00481. The third-order valence-corrected chi connectivity index (χ3v) is 5.48. The molecule has 4 rings (SSSR count). The van der Waals surface area contributed by atoms with Gasteiger partial charge in [-0.25, -0.2) is 9.78 Å². The molecule has 2 fully saturated rings. The first kappa shape index (κ1) is 16.1. The molecule has 8 heteroatoms. The van der Waals surface area contributed by atoms with Gasteiger partial charge in [-0.3, -0.25) is 14.5 Å². The summed E-state index contributed by atoms with van der Waals surface area (Å²) in [6, 6.07) is -0.451. The maximum Gasteiger partial charge on any atom is 0.325 e. The standard InChI is InChI=1S/C17H23N5O3/c1-11-8-21-9-12(4-5-13(21)18-11)19-14(23)10-22-15(24)17(20-16(22)25)6-2-3-7-17/h8,12H,2-7,9-10H2,1H3,(H,19,23)(H,20,25). The van der Waals surface area contributed by atoms with Crippen LogP contribution in [-0.4, -0.2) is 50.4 Å². The maximum absolute atomic E-state index is 12.6. The van der Waals surface area contributed by atoms with Crippen LogP contribution in [0, 0.1) is 6.92 Å². The van der Waals surface area contributed by atoms with E-state index in [1.165, 1.54) is 0 Å². The summed E-state index contributed by atoms with van der Waals surface area (Å²) < 4.78 is 2.06. The first-order valence-corrected chi connectivity index (χ1v) is 8.93. The van der Waals surface area contributed by atoms with E-state index in [4.69, 9.17) is 0 Å². The number of hydrogen-bond donors (Lipinski definition) is 2. The Morgan fingerprint density at radius 2 is 2.16 bits per heavy atom. The minimum Gasteiger partial charge on any atom is -0.350 e. The van der Waals surface area contributed by atoms with Gasteiger partial charge in [0.1, 0.15) is 17.9 Å². The number of imide groups is 1. The number of imidazole rings is 1. The van der Waals surface area contributed by atoms with Crippen LogP contribution in [0.2, 0.25) is 0 Å². The van der Waals surface area contributed by atoms with Gasteiger partial charge in [-0.15, -0.1) is 0 Å². The molecule has 0 radical (unpaired) electrons. The normalized spacial score (nSPS) is 24.5. The number of rotatable bonds is 3. The Kier molecular flexibility index (Phi) is 3.77. The molecule has 1 atom stereocenters. The van der Waals surface area contributed by atoms with Gasteiger partial charge < -0.3 is 15.2 Å². The van der Waals surface area contributed by atoms with E-state index < -0.39 is 11.6 Å². The number of urea groups is 1. The molecule has 0 aromatic carbocycles. The molecule has 1 aliphatic carbocycles. The number of carbonyl (C=O) groups is 3. The second-order valence-electron chi connectivity index (χ2n) is 7.36. The molecule has 1 saturated carbocycles. The summed E-state index contributed by atoms with van der Waals surface area (Å²) in [6.45, 7) is 2.42. The Hall–Kier alpha value is -2.38. The van der Waals surface area contributed by atoms with Gasteiger partial charge >= 0.3 is 6.03 Å². The van der Waals surface area contributed by atoms with Crippen LogP contribution in [0.4, 0.5) is 4.79 Å². The predicted molar refractivity (Wildman–Crippen MR) is 88.7 cm³/mol. The molecule has 1 unspecified atom stereocenters. The molecule has 2 N–H and O–H groups in total. The van der Waals surface area contributed by atoms with Crippen LogP contribution in [-0.2, 0) is 22.6 Å². The number of hydrogen-bond acceptors (Lipinski definition) is 4. The van der Waals surface area contributed by atoms with E-state index in [-0.39, 0.29) is 24.4 Å². The lowest BCUT2D eigenvalue weighted by Crippen LogP contribution is -2.48. The molecule has 134 valence electrons. The molecule has 2 aliphatic heterocycles. The van der Waals surface area contributed by atoms with Gasteiger partial charge in [0, 0.05) is 25.2 Å². The van der Waals surface area contributed by atoms with Crippen molar-refractivity contribution in [1.29, 1.82) is 0 Å². The van der Waals surface area contributed by atoms with Crippen molar-refractivity contribution in [2.75, 3.05) is 6.54 Å². The van der Waals surface area contributed by atoms with Crippen LogP contribution >= 0.6 is 0 Å². The van der Waals surface area contributed by atoms with Gasteiger partial charge in [-0.05, 0) is 26.2 Å². The number of aromatic nitrogens is 2. The molecule has 0 bridgehead atoms. The molecule has 4 amide bonds. The average Bonchev–Trinajstić information content (AvgIpc) is 3.22. The smallest absolute Gasteiger partial charge is 0.325 e. The lowest BCUT2D eigenvalue weighted by molar-refractivity contribution is -0.135. The molecular formula is C17H23N5O3. The van der Waals surface area contributed by atoms with E-state index in [9.17, 15) is 14.4 Å². The summed E-state index contributed by atoms with van der Waals surface area (Å²) in [7, 11) is 0. The van der Waals surface area contributed by atoms with Crippen LogP contribution < -0.4 is 10.6 Å². The molecule has 3 heterocycles. The van der Waals surface area contributed by atoms with E-state index >= 15 is 0 Å². The zero-order valence-electron chi connectivity index (χ0n) is 14.4. The summed E-state index contributed by atoms with van der Waals surface area (Å²) in [4.78, 5) is 42.6. The van der Waals surface area contributed by atoms with E-state index in [1.54, 1.807) is 0 Å². The molecule has 8 nitrogen and oxygen atoms in total. The summed E-state index contributed by atoms with van der Waals surface area (Å²) in [5, 5.41) is 5.75. The van der Waals surface area contributed by atoms with Crippen LogP contribution in [0.15, 0.2) is 6.20 Å². The average molecular weight is 345 g/mol. The van der Waals surface area contributed by atoms with Crippen LogP contribution in [0.5, 0.6) is 0 Å². The monoisotopic (exact) mass is 345 g/mol. The highest BCUT2D eigenvalue weighted by molar-refractivity contribution is 6.09. The highest BCUT2D eigenvalue weighted by atomic mass is 16.2. The largest absolute Gasteiger partial charge is 0.350 e. The van der Waals surface area contributed by atoms with Gasteiger partial charge in [0.25, 0.3) is 5.91 Å². The van der Waals surface area contributed by atoms with Gasteiger partial charge in [0.05, 0.1) is 5.69 Å². The van der Waals surface area contributed by atoms with Crippen molar-refractivity contribution < 1.29 is 14.4 Å². The predicted octanol–water partition coefficient (Wildman–Crippen LogP) is 0.487. The lowest BCUT2D eigenvalue weighted by atomic mass is 9.98. The number of aryl methyl sites for hydroxylation is 2. The number of fused-ring (bicyclic) bond motifs is 1. The summed E-state index contributed by atoms with van der Waals surface area (Å²) in [5.74, 6) is 0.505. The molecular weight excluding hydrogens is 322 g/mol. The van der Waals surface area contributed by atoms with Crippen LogP contribution in [0.1, 0.15) is 43.6 Å². The van der Waals surface area contributed by atoms with Gasteiger partial charge in [0.15, 0.2) is 0 Å². The second-order valence-corrected chi connectivity index (χ2v) is 7.36. The van der Waals surface area contributed by atoms with Crippen molar-refractivity contribution >= 4 is 17.8 Å². The maximum atomic E-state index is 12.6. The fraction of sp³-hybridized carbons (Fsp3) is 0.647. The van der Waals surface area contributed by atoms with Crippen molar-refractivity contribution in [3.63, 3.8) is 0 Å². The van der Waals surface area contributed by atoms with Crippen molar-refractivity contribution in [2.24, 2.45) is 0 Å². The van der Waals surface area contributed by atoms with Gasteiger partial charge in [0.2, 0.25) is 5.91 Å². The SMILES string of the molecule is Cc1cn2c(n1)CCC(NC(=O)CN1C(=O)NC3(CCCC3)C1=O)C2. The van der Waals surface area contributed by atoms with Gasteiger partial charge in [-0.2, -0.15) is 0 Å². The fourth-order valence-corrected chi connectivity index (χ4v) is 4.26. The van der Waals surface area contributed by atoms with E-state index in [0.29, 0.717) is 19.4 Å². The summed E-state index contributed by atoms with van der Waals surface area (Å²) >= 11 is 0. The van der Waals surface area contributed by atoms with Crippen molar-refractivity contribution in [3.05, 3.63) is 17.7 Å². The fourth-order valence-electron chi connectivity index (χ4n) is 4.26. The van der Waals surface area contributed by atoms with E-state index in [0.717, 1.165) is 42.1 Å². The Balaban J connectivity index is 1.36. The van der Waals surface area contributed by atoms with Crippen LogP contribution in [0.25, 0.3) is 0 Å². The zero-order valence-corrected chi connectivity index (χ0v) is 14.4. The summed E-state index contributed by atoms with van der Waals surface area (Å²) in [5.41, 5.74) is 0.217. The Morgan fingerprint density at radius 1 is 1.40 bits per heavy atom. The quantitative estimate of drug-likeness (QED) is 0.779. The third-order valence-electron chi connectivity index (χ3n) is 5.48. The third kappa shape index (κ3) is 2.79. The Labute approximate surface area is 146 Å². The molecule has 1 aromatic rings. The number of nitrogens with one attached hydrogen (secondary N) is 2. The molecule has 25 heavy (non-hydrogen) atoms. The molecule has 3 aliphatic rings. The highest BCUT2D eigenvalue weighted by Gasteiger charge is 2.52. The van der Waals surface area contributed by atoms with Crippen molar-refractivity contribution in [2.45, 2.75) is 63.6 Å². The highest BCUT2D eigenvalue weighted by Crippen LogP contribution is 2.34. The topological polar surface area (TPSA) is 96.3 Å². The number of amides is 4. The van der Waals surface area contributed by atoms with Crippen molar-refractivity contribution in [1.82, 2.24) is 25.1 Å². The van der Waals surface area contributed by atoms with E-state index in [1.807, 2.05) is 13.1 Å².